The van der Waals surface area contributed by atoms with Crippen LogP contribution in [0.3, 0.4) is 0 Å². The molecule has 1 fully saturated rings. The molecule has 1 saturated carbocycles. The number of hydrogen-bond acceptors (Lipinski definition) is 3. The number of nitrogens with one attached hydrogen (secondary N) is 1. The number of anilines is 1. The molecule has 1 aliphatic rings. The van der Waals surface area contributed by atoms with Crippen molar-refractivity contribution < 1.29 is 9.53 Å². The van der Waals surface area contributed by atoms with Crippen molar-refractivity contribution in [3.05, 3.63) is 23.8 Å². The molecule has 3 N–H and O–H groups in total. The Kier molecular flexibility index (Phi) is 2.96. The quantitative estimate of drug-likeness (QED) is 0.786. The standard InChI is InChI=1S/C13H18N2O2/c1-13(6-3-7-13)15-12(16)10-8-9(14)4-5-11(10)17-2/h4-5,8H,3,6-7,14H2,1-2H3,(H,15,16). The molecule has 0 bridgehead atoms. The van der Waals surface area contributed by atoms with Crippen LogP contribution in [0.15, 0.2) is 18.2 Å². The number of amides is 1. The molecule has 0 saturated heterocycles. The first-order valence-electron chi connectivity index (χ1n) is 5.80. The summed E-state index contributed by atoms with van der Waals surface area (Å²) in [5.74, 6) is 0.441. The molecule has 4 nitrogen and oxygen atoms in total. The van der Waals surface area contributed by atoms with Crippen LogP contribution in [0.1, 0.15) is 36.5 Å². The number of carbonyl (C=O) groups is 1. The van der Waals surface area contributed by atoms with Crippen molar-refractivity contribution in [2.24, 2.45) is 0 Å². The van der Waals surface area contributed by atoms with E-state index in [9.17, 15) is 4.79 Å². The van der Waals surface area contributed by atoms with Crippen LogP contribution in [-0.4, -0.2) is 18.6 Å². The SMILES string of the molecule is COc1ccc(N)cc1C(=O)NC1(C)CCC1. The monoisotopic (exact) mass is 234 g/mol. The molecule has 0 atom stereocenters. The lowest BCUT2D eigenvalue weighted by Gasteiger charge is -2.39. The zero-order chi connectivity index (χ0) is 12.5. The molecule has 1 aliphatic carbocycles. The maximum Gasteiger partial charge on any atom is 0.255 e. The highest BCUT2D eigenvalue weighted by Crippen LogP contribution is 2.32. The number of rotatable bonds is 3. The Morgan fingerprint density at radius 2 is 2.18 bits per heavy atom. The van der Waals surface area contributed by atoms with Gasteiger partial charge in [-0.1, -0.05) is 0 Å². The minimum Gasteiger partial charge on any atom is -0.496 e. The highest BCUT2D eigenvalue weighted by atomic mass is 16.5. The van der Waals surface area contributed by atoms with Crippen LogP contribution >= 0.6 is 0 Å². The summed E-state index contributed by atoms with van der Waals surface area (Å²) in [7, 11) is 1.55. The number of benzene rings is 1. The fraction of sp³-hybridized carbons (Fsp3) is 0.462. The fourth-order valence-corrected chi connectivity index (χ4v) is 2.08. The second-order valence-electron chi connectivity index (χ2n) is 4.83. The smallest absolute Gasteiger partial charge is 0.255 e. The van der Waals surface area contributed by atoms with Gasteiger partial charge >= 0.3 is 0 Å². The topological polar surface area (TPSA) is 64.3 Å². The summed E-state index contributed by atoms with van der Waals surface area (Å²) in [6.45, 7) is 2.06. The molecule has 0 spiro atoms. The van der Waals surface area contributed by atoms with Crippen LogP contribution in [0.4, 0.5) is 5.69 Å². The van der Waals surface area contributed by atoms with Gasteiger partial charge < -0.3 is 15.8 Å². The van der Waals surface area contributed by atoms with Gasteiger partial charge in [-0.3, -0.25) is 4.79 Å². The first-order chi connectivity index (χ1) is 8.04. The minimum atomic E-state index is -0.114. The molecule has 1 aromatic rings. The summed E-state index contributed by atoms with van der Waals surface area (Å²) < 4.78 is 5.17. The molecule has 0 heterocycles. The summed E-state index contributed by atoms with van der Waals surface area (Å²) in [6.07, 6.45) is 3.23. The van der Waals surface area contributed by atoms with Crippen LogP contribution in [0, 0.1) is 0 Å². The highest BCUT2D eigenvalue weighted by Gasteiger charge is 2.33. The van der Waals surface area contributed by atoms with Crippen molar-refractivity contribution in [2.75, 3.05) is 12.8 Å². The zero-order valence-corrected chi connectivity index (χ0v) is 10.2. The van der Waals surface area contributed by atoms with Crippen LogP contribution in [0.5, 0.6) is 5.75 Å². The van der Waals surface area contributed by atoms with Gasteiger partial charge in [-0.05, 0) is 44.4 Å². The van der Waals surface area contributed by atoms with Crippen molar-refractivity contribution in [3.8, 4) is 5.75 Å². The molecule has 0 aliphatic heterocycles. The van der Waals surface area contributed by atoms with E-state index in [4.69, 9.17) is 10.5 Å². The van der Waals surface area contributed by atoms with E-state index in [2.05, 4.69) is 12.2 Å². The predicted molar refractivity (Wildman–Crippen MR) is 67.1 cm³/mol. The van der Waals surface area contributed by atoms with Gasteiger partial charge in [0.15, 0.2) is 0 Å². The lowest BCUT2D eigenvalue weighted by atomic mass is 9.78. The van der Waals surface area contributed by atoms with Gasteiger partial charge in [0.25, 0.3) is 5.91 Å². The van der Waals surface area contributed by atoms with Crippen LogP contribution < -0.4 is 15.8 Å². The fourth-order valence-electron chi connectivity index (χ4n) is 2.08. The first-order valence-corrected chi connectivity index (χ1v) is 5.80. The van der Waals surface area contributed by atoms with Crippen LogP contribution in [-0.2, 0) is 0 Å². The third-order valence-electron chi connectivity index (χ3n) is 3.34. The Hall–Kier alpha value is -1.71. The molecule has 0 unspecified atom stereocenters. The van der Waals surface area contributed by atoms with Gasteiger partial charge in [0.1, 0.15) is 5.75 Å². The molecule has 1 aromatic carbocycles. The maximum absolute atomic E-state index is 12.1. The van der Waals surface area contributed by atoms with Crippen molar-refractivity contribution >= 4 is 11.6 Å². The molecular weight excluding hydrogens is 216 g/mol. The summed E-state index contributed by atoms with van der Waals surface area (Å²) >= 11 is 0. The van der Waals surface area contributed by atoms with Gasteiger partial charge in [0.05, 0.1) is 12.7 Å². The molecule has 1 amide bonds. The second kappa shape index (κ2) is 4.28. The highest BCUT2D eigenvalue weighted by molar-refractivity contribution is 5.98. The van der Waals surface area contributed by atoms with E-state index in [1.807, 2.05) is 0 Å². The lowest BCUT2D eigenvalue weighted by molar-refractivity contribution is 0.0847. The van der Waals surface area contributed by atoms with Crippen LogP contribution in [0.2, 0.25) is 0 Å². The number of ether oxygens (including phenoxy) is 1. The van der Waals surface area contributed by atoms with Crippen molar-refractivity contribution in [3.63, 3.8) is 0 Å². The van der Waals surface area contributed by atoms with E-state index in [-0.39, 0.29) is 11.4 Å². The number of nitrogen functional groups attached to an aromatic ring is 1. The normalized spacial score (nSPS) is 17.1. The second-order valence-corrected chi connectivity index (χ2v) is 4.83. The largest absolute Gasteiger partial charge is 0.496 e. The van der Waals surface area contributed by atoms with Crippen molar-refractivity contribution in [2.45, 2.75) is 31.7 Å². The molecular formula is C13H18N2O2. The van der Waals surface area contributed by atoms with Gasteiger partial charge in [-0.25, -0.2) is 0 Å². The average molecular weight is 234 g/mol. The molecule has 0 aromatic heterocycles. The predicted octanol–water partition coefficient (Wildman–Crippen LogP) is 1.95. The number of nitrogens with two attached hydrogens (primary N) is 1. The molecule has 4 heteroatoms. The summed E-state index contributed by atoms with van der Waals surface area (Å²) in [6, 6.07) is 5.09. The van der Waals surface area contributed by atoms with Gasteiger partial charge in [-0.15, -0.1) is 0 Å². The van der Waals surface area contributed by atoms with Crippen molar-refractivity contribution in [1.82, 2.24) is 5.32 Å². The Bertz CT molecular complexity index is 439. The molecule has 0 radical (unpaired) electrons. The maximum atomic E-state index is 12.1. The van der Waals surface area contributed by atoms with Gasteiger partial charge in [-0.2, -0.15) is 0 Å². The molecule has 92 valence electrons. The Morgan fingerprint density at radius 1 is 1.47 bits per heavy atom. The summed E-state index contributed by atoms with van der Waals surface area (Å²) in [5.41, 5.74) is 6.70. The van der Waals surface area contributed by atoms with E-state index >= 15 is 0 Å². The zero-order valence-electron chi connectivity index (χ0n) is 10.2. The van der Waals surface area contributed by atoms with Gasteiger partial charge in [0, 0.05) is 11.2 Å². The minimum absolute atomic E-state index is 0.0628. The summed E-state index contributed by atoms with van der Waals surface area (Å²) in [5, 5.41) is 3.04. The third-order valence-corrected chi connectivity index (χ3v) is 3.34. The Labute approximate surface area is 101 Å². The molecule has 2 rings (SSSR count). The number of methoxy groups -OCH3 is 1. The average Bonchev–Trinajstić information content (AvgIpc) is 2.26. The van der Waals surface area contributed by atoms with E-state index in [0.29, 0.717) is 17.0 Å². The van der Waals surface area contributed by atoms with E-state index in [1.165, 1.54) is 6.42 Å². The lowest BCUT2D eigenvalue weighted by Crippen LogP contribution is -2.51. The van der Waals surface area contributed by atoms with E-state index in [1.54, 1.807) is 25.3 Å². The number of hydrogen-bond donors (Lipinski definition) is 2. The Balaban J connectivity index is 2.20. The van der Waals surface area contributed by atoms with Gasteiger partial charge in [0.2, 0.25) is 0 Å². The third kappa shape index (κ3) is 2.35. The van der Waals surface area contributed by atoms with Crippen LogP contribution in [0.25, 0.3) is 0 Å². The van der Waals surface area contributed by atoms with E-state index in [0.717, 1.165) is 12.8 Å². The number of carbonyl (C=O) groups excluding carboxylic acids is 1. The first kappa shape index (κ1) is 11.8. The van der Waals surface area contributed by atoms with E-state index < -0.39 is 0 Å². The summed E-state index contributed by atoms with van der Waals surface area (Å²) in [4.78, 5) is 12.1. The molecule has 17 heavy (non-hydrogen) atoms. The van der Waals surface area contributed by atoms with Crippen molar-refractivity contribution in [1.29, 1.82) is 0 Å². The Morgan fingerprint density at radius 3 is 2.71 bits per heavy atom.